The minimum atomic E-state index is -1.41. The van der Waals surface area contributed by atoms with Gasteiger partial charge in [-0.2, -0.15) is 4.39 Å². The lowest BCUT2D eigenvalue weighted by Crippen LogP contribution is -2.31. The average molecular weight is 273 g/mol. The summed E-state index contributed by atoms with van der Waals surface area (Å²) in [5.41, 5.74) is -1.92. The van der Waals surface area contributed by atoms with Gasteiger partial charge in [-0.1, -0.05) is 12.1 Å². The van der Waals surface area contributed by atoms with Crippen LogP contribution in [0, 0.1) is 5.82 Å². The predicted octanol–water partition coefficient (Wildman–Crippen LogP) is 0.919. The summed E-state index contributed by atoms with van der Waals surface area (Å²) < 4.78 is 14.2. The fourth-order valence-corrected chi connectivity index (χ4v) is 2.03. The van der Waals surface area contributed by atoms with Crippen molar-refractivity contribution < 1.29 is 9.50 Å². The van der Waals surface area contributed by atoms with Crippen LogP contribution in [0.15, 0.2) is 46.2 Å². The smallest absolute Gasteiger partial charge is 0.335 e. The molecule has 7 heteroatoms. The van der Waals surface area contributed by atoms with E-state index in [1.165, 1.54) is 12.3 Å². The minimum Gasteiger partial charge on any atom is -0.492 e. The lowest BCUT2D eigenvalue weighted by molar-refractivity contribution is 0.386. The third-order valence-electron chi connectivity index (χ3n) is 2.93. The number of pyridine rings is 1. The number of hydrogen-bond donors (Lipinski definition) is 2. The third kappa shape index (κ3) is 1.68. The van der Waals surface area contributed by atoms with Crippen LogP contribution in [0.5, 0.6) is 5.88 Å². The van der Waals surface area contributed by atoms with Crippen LogP contribution < -0.4 is 11.2 Å². The molecular formula is C13H8FN3O3. The van der Waals surface area contributed by atoms with E-state index in [2.05, 4.69) is 4.98 Å². The second kappa shape index (κ2) is 4.30. The van der Waals surface area contributed by atoms with Crippen molar-refractivity contribution in [1.82, 2.24) is 14.5 Å². The zero-order chi connectivity index (χ0) is 14.3. The number of benzene rings is 1. The highest BCUT2D eigenvalue weighted by molar-refractivity contribution is 5.89. The molecule has 0 bridgehead atoms. The molecule has 0 atom stereocenters. The molecule has 0 amide bonds. The van der Waals surface area contributed by atoms with E-state index in [0.29, 0.717) is 15.3 Å². The summed E-state index contributed by atoms with van der Waals surface area (Å²) in [4.78, 5) is 28.7. The molecule has 2 heterocycles. The molecule has 20 heavy (non-hydrogen) atoms. The maximum absolute atomic E-state index is 13.5. The van der Waals surface area contributed by atoms with E-state index in [4.69, 9.17) is 0 Å². The zero-order valence-electron chi connectivity index (χ0n) is 10.0. The molecule has 0 aliphatic rings. The molecule has 3 aromatic rings. The Morgan fingerprint density at radius 2 is 2.05 bits per heavy atom. The summed E-state index contributed by atoms with van der Waals surface area (Å²) in [5, 5.41) is 11.0. The number of fused-ring (bicyclic) bond motifs is 1. The van der Waals surface area contributed by atoms with E-state index in [-0.39, 0.29) is 5.69 Å². The van der Waals surface area contributed by atoms with Crippen LogP contribution in [0.25, 0.3) is 16.5 Å². The monoisotopic (exact) mass is 273 g/mol. The number of halogens is 1. The molecule has 2 aromatic heterocycles. The average Bonchev–Trinajstić information content (AvgIpc) is 2.45. The van der Waals surface area contributed by atoms with Crippen LogP contribution in [-0.4, -0.2) is 19.6 Å². The molecule has 0 unspecified atom stereocenters. The van der Waals surface area contributed by atoms with E-state index in [0.717, 1.165) is 0 Å². The SMILES string of the molecule is O=c1[nH]c(=O)n(-c2cccc3cnccc23)c(O)c1F. The van der Waals surface area contributed by atoms with Gasteiger partial charge >= 0.3 is 5.69 Å². The Morgan fingerprint density at radius 1 is 1.25 bits per heavy atom. The van der Waals surface area contributed by atoms with Crippen LogP contribution in [0.1, 0.15) is 0 Å². The van der Waals surface area contributed by atoms with Gasteiger partial charge in [0.15, 0.2) is 0 Å². The summed E-state index contributed by atoms with van der Waals surface area (Å²) in [6.45, 7) is 0. The highest BCUT2D eigenvalue weighted by Gasteiger charge is 2.16. The van der Waals surface area contributed by atoms with E-state index in [1.54, 1.807) is 24.4 Å². The van der Waals surface area contributed by atoms with E-state index in [1.807, 2.05) is 4.98 Å². The van der Waals surface area contributed by atoms with Gasteiger partial charge < -0.3 is 5.11 Å². The van der Waals surface area contributed by atoms with Crippen molar-refractivity contribution in [3.8, 4) is 11.6 Å². The Balaban J connectivity index is 2.47. The highest BCUT2D eigenvalue weighted by atomic mass is 19.1. The van der Waals surface area contributed by atoms with Crippen LogP contribution >= 0.6 is 0 Å². The number of aromatic nitrogens is 3. The third-order valence-corrected chi connectivity index (χ3v) is 2.93. The van der Waals surface area contributed by atoms with Gasteiger partial charge in [0.25, 0.3) is 5.56 Å². The zero-order valence-corrected chi connectivity index (χ0v) is 10.0. The molecule has 0 saturated heterocycles. The molecule has 0 aliphatic heterocycles. The number of H-pyrrole nitrogens is 1. The van der Waals surface area contributed by atoms with Crippen LogP contribution in [0.4, 0.5) is 4.39 Å². The molecule has 100 valence electrons. The molecule has 3 rings (SSSR count). The van der Waals surface area contributed by atoms with Crippen molar-refractivity contribution in [3.05, 3.63) is 63.3 Å². The van der Waals surface area contributed by atoms with E-state index < -0.39 is 22.9 Å². The standard InChI is InChI=1S/C13H8FN3O3/c14-10-11(18)16-13(20)17(12(10)19)9-3-1-2-7-6-15-5-4-8(7)9/h1-6,19H,(H,16,18,20). The van der Waals surface area contributed by atoms with Gasteiger partial charge in [-0.05, 0) is 12.1 Å². The largest absolute Gasteiger partial charge is 0.492 e. The quantitative estimate of drug-likeness (QED) is 0.690. The topological polar surface area (TPSA) is 88.0 Å². The minimum absolute atomic E-state index is 0.252. The Labute approximate surface area is 110 Å². The van der Waals surface area contributed by atoms with Crippen molar-refractivity contribution in [1.29, 1.82) is 0 Å². The number of nitrogens with zero attached hydrogens (tertiary/aromatic N) is 2. The van der Waals surface area contributed by atoms with E-state index >= 15 is 0 Å². The predicted molar refractivity (Wildman–Crippen MR) is 69.6 cm³/mol. The first kappa shape index (κ1) is 12.1. The van der Waals surface area contributed by atoms with Gasteiger partial charge in [-0.3, -0.25) is 14.8 Å². The molecule has 0 saturated carbocycles. The summed E-state index contributed by atoms with van der Waals surface area (Å²) >= 11 is 0. The van der Waals surface area contributed by atoms with Crippen molar-refractivity contribution in [2.24, 2.45) is 0 Å². The summed E-state index contributed by atoms with van der Waals surface area (Å²) in [5.74, 6) is -2.43. The molecule has 6 nitrogen and oxygen atoms in total. The second-order valence-electron chi connectivity index (χ2n) is 4.11. The first-order valence-corrected chi connectivity index (χ1v) is 5.66. The molecule has 0 radical (unpaired) electrons. The maximum Gasteiger partial charge on any atom is 0.335 e. The fourth-order valence-electron chi connectivity index (χ4n) is 2.03. The lowest BCUT2D eigenvalue weighted by Gasteiger charge is -2.10. The van der Waals surface area contributed by atoms with Gasteiger partial charge in [0, 0.05) is 23.2 Å². The van der Waals surface area contributed by atoms with Crippen LogP contribution in [0.2, 0.25) is 0 Å². The normalized spacial score (nSPS) is 10.8. The second-order valence-corrected chi connectivity index (χ2v) is 4.11. The molecule has 1 aromatic carbocycles. The van der Waals surface area contributed by atoms with Gasteiger partial charge in [-0.25, -0.2) is 9.36 Å². The number of aromatic amines is 1. The van der Waals surface area contributed by atoms with Crippen molar-refractivity contribution in [2.75, 3.05) is 0 Å². The fraction of sp³-hybridized carbons (Fsp3) is 0. The molecule has 2 N–H and O–H groups in total. The Hall–Kier alpha value is -2.96. The van der Waals surface area contributed by atoms with Crippen molar-refractivity contribution >= 4 is 10.8 Å². The number of aromatic hydroxyl groups is 1. The van der Waals surface area contributed by atoms with Gasteiger partial charge in [-0.15, -0.1) is 0 Å². The summed E-state index contributed by atoms with van der Waals surface area (Å²) in [7, 11) is 0. The first-order chi connectivity index (χ1) is 9.59. The van der Waals surface area contributed by atoms with Crippen LogP contribution in [-0.2, 0) is 0 Å². The Kier molecular flexibility index (Phi) is 2.60. The number of nitrogens with one attached hydrogen (secondary N) is 1. The van der Waals surface area contributed by atoms with Gasteiger partial charge in [0.1, 0.15) is 0 Å². The summed E-state index contributed by atoms with van der Waals surface area (Å²) in [6.07, 6.45) is 3.08. The number of hydrogen-bond acceptors (Lipinski definition) is 4. The maximum atomic E-state index is 13.5. The molecule has 0 aliphatic carbocycles. The molecule has 0 fully saturated rings. The Morgan fingerprint density at radius 3 is 2.85 bits per heavy atom. The van der Waals surface area contributed by atoms with Crippen molar-refractivity contribution in [3.63, 3.8) is 0 Å². The summed E-state index contributed by atoms with van der Waals surface area (Å²) in [6, 6.07) is 6.55. The first-order valence-electron chi connectivity index (χ1n) is 5.66. The molecular weight excluding hydrogens is 265 g/mol. The Bertz CT molecular complexity index is 925. The van der Waals surface area contributed by atoms with Gasteiger partial charge in [0.2, 0.25) is 11.7 Å². The number of rotatable bonds is 1. The van der Waals surface area contributed by atoms with Gasteiger partial charge in [0.05, 0.1) is 5.69 Å². The van der Waals surface area contributed by atoms with Crippen LogP contribution in [0.3, 0.4) is 0 Å². The molecule has 0 spiro atoms. The van der Waals surface area contributed by atoms with Crippen molar-refractivity contribution in [2.45, 2.75) is 0 Å². The lowest BCUT2D eigenvalue weighted by atomic mass is 10.1. The van der Waals surface area contributed by atoms with E-state index in [9.17, 15) is 19.1 Å². The highest BCUT2D eigenvalue weighted by Crippen LogP contribution is 2.23.